The van der Waals surface area contributed by atoms with Gasteiger partial charge < -0.3 is 25.5 Å². The van der Waals surface area contributed by atoms with Crippen molar-refractivity contribution in [2.24, 2.45) is 0 Å². The van der Waals surface area contributed by atoms with Crippen molar-refractivity contribution in [3.8, 4) is 0 Å². The highest BCUT2D eigenvalue weighted by atomic mass is 35.5. The van der Waals surface area contributed by atoms with Crippen LogP contribution < -0.4 is 10.6 Å². The molecule has 0 bridgehead atoms. The Bertz CT molecular complexity index is 1030. The van der Waals surface area contributed by atoms with Crippen LogP contribution in [0.4, 0.5) is 4.39 Å². The van der Waals surface area contributed by atoms with E-state index in [1.807, 2.05) is 11.8 Å². The van der Waals surface area contributed by atoms with E-state index in [4.69, 9.17) is 23.2 Å². The summed E-state index contributed by atoms with van der Waals surface area (Å²) in [6, 6.07) is 4.42. The molecule has 0 unspecified atom stereocenters. The van der Waals surface area contributed by atoms with Crippen LogP contribution in [0.1, 0.15) is 31.7 Å². The monoisotopic (exact) mass is 496 g/mol. The van der Waals surface area contributed by atoms with Gasteiger partial charge in [-0.1, -0.05) is 23.7 Å². The molecular formula is C23H27Cl2FN4O3. The molecule has 3 N–H and O–H groups in total. The minimum atomic E-state index is -0.575. The van der Waals surface area contributed by atoms with Crippen LogP contribution in [0.25, 0.3) is 0 Å². The average molecular weight is 497 g/mol. The first kappa shape index (κ1) is 23.9. The fraction of sp³-hybridized carbons (Fsp3) is 0.478. The number of hydrogen-bond donors (Lipinski definition) is 3. The molecule has 1 aromatic rings. The van der Waals surface area contributed by atoms with Gasteiger partial charge in [-0.05, 0) is 32.4 Å². The van der Waals surface area contributed by atoms with Gasteiger partial charge in [0, 0.05) is 48.8 Å². The molecule has 178 valence electrons. The van der Waals surface area contributed by atoms with Crippen molar-refractivity contribution < 1.29 is 19.1 Å². The van der Waals surface area contributed by atoms with Gasteiger partial charge in [-0.15, -0.1) is 11.6 Å². The van der Waals surface area contributed by atoms with Crippen molar-refractivity contribution in [1.82, 2.24) is 20.4 Å². The van der Waals surface area contributed by atoms with E-state index in [-0.39, 0.29) is 53.0 Å². The maximum Gasteiger partial charge on any atom is 0.274 e. The highest BCUT2D eigenvalue weighted by molar-refractivity contribution is 6.30. The fourth-order valence-corrected chi connectivity index (χ4v) is 5.15. The number of hydrogen-bond acceptors (Lipinski definition) is 5. The number of nitrogens with zero attached hydrogens (tertiary/aromatic N) is 2. The third-order valence-electron chi connectivity index (χ3n) is 6.38. The first-order valence-corrected chi connectivity index (χ1v) is 12.0. The number of aliphatic hydroxyl groups excluding tert-OH is 1. The first-order chi connectivity index (χ1) is 15.9. The van der Waals surface area contributed by atoms with Gasteiger partial charge in [-0.25, -0.2) is 4.39 Å². The molecule has 2 amide bonds. The number of amides is 2. The highest BCUT2D eigenvalue weighted by Gasteiger charge is 2.50. The number of benzene rings is 1. The molecule has 10 heteroatoms. The summed E-state index contributed by atoms with van der Waals surface area (Å²) in [5.74, 6) is -0.824. The third-order valence-corrected chi connectivity index (χ3v) is 6.94. The van der Waals surface area contributed by atoms with Crippen molar-refractivity contribution in [2.75, 3.05) is 25.5 Å². The summed E-state index contributed by atoms with van der Waals surface area (Å²) in [6.07, 6.45) is 1.39. The number of nitrogens with one attached hydrogen (secondary N) is 2. The van der Waals surface area contributed by atoms with E-state index < -0.39 is 11.7 Å². The zero-order valence-electron chi connectivity index (χ0n) is 18.3. The second-order valence-corrected chi connectivity index (χ2v) is 9.17. The lowest BCUT2D eigenvalue weighted by Gasteiger charge is -2.42. The molecule has 0 radical (unpaired) electrons. The lowest BCUT2D eigenvalue weighted by Crippen LogP contribution is -2.53. The molecule has 0 spiro atoms. The number of allylic oxidation sites excluding steroid dienone is 1. The normalized spacial score (nSPS) is 22.2. The maximum absolute atomic E-state index is 14.3. The van der Waals surface area contributed by atoms with Gasteiger partial charge in [0.2, 0.25) is 5.91 Å². The van der Waals surface area contributed by atoms with Crippen LogP contribution in [0.5, 0.6) is 0 Å². The van der Waals surface area contributed by atoms with E-state index in [0.29, 0.717) is 43.2 Å². The summed E-state index contributed by atoms with van der Waals surface area (Å²) in [4.78, 5) is 29.8. The predicted molar refractivity (Wildman–Crippen MR) is 124 cm³/mol. The SMILES string of the molecule is CCN1C[C@@H]2C[C@@H](NCCCCl)C3=C(C(=O)NCc4cccc(Cl)c4F)CC(O)=C(C1=O)N32. The molecular weight excluding hydrogens is 470 g/mol. The zero-order chi connectivity index (χ0) is 23.7. The van der Waals surface area contributed by atoms with Crippen molar-refractivity contribution in [1.29, 1.82) is 0 Å². The smallest absolute Gasteiger partial charge is 0.274 e. The number of halogens is 3. The van der Waals surface area contributed by atoms with Gasteiger partial charge >= 0.3 is 0 Å². The lowest BCUT2D eigenvalue weighted by atomic mass is 9.97. The van der Waals surface area contributed by atoms with Crippen LogP contribution in [-0.4, -0.2) is 64.3 Å². The molecule has 0 aromatic heterocycles. The van der Waals surface area contributed by atoms with Gasteiger partial charge in [0.15, 0.2) is 0 Å². The van der Waals surface area contributed by atoms with Crippen molar-refractivity contribution in [3.05, 3.63) is 57.3 Å². The molecule has 2 fully saturated rings. The van der Waals surface area contributed by atoms with Gasteiger partial charge in [0.05, 0.1) is 17.1 Å². The number of piperazine rings is 1. The average Bonchev–Trinajstić information content (AvgIpc) is 3.15. The Labute approximate surface area is 202 Å². The van der Waals surface area contributed by atoms with Gasteiger partial charge in [-0.3, -0.25) is 9.59 Å². The van der Waals surface area contributed by atoms with E-state index in [1.54, 1.807) is 17.0 Å². The van der Waals surface area contributed by atoms with E-state index in [0.717, 1.165) is 6.42 Å². The molecule has 7 nitrogen and oxygen atoms in total. The van der Waals surface area contributed by atoms with E-state index in [1.165, 1.54) is 6.07 Å². The van der Waals surface area contributed by atoms with Crippen molar-refractivity contribution in [3.63, 3.8) is 0 Å². The zero-order valence-corrected chi connectivity index (χ0v) is 19.8. The minimum Gasteiger partial charge on any atom is -0.510 e. The summed E-state index contributed by atoms with van der Waals surface area (Å²) < 4.78 is 14.3. The molecule has 0 aliphatic carbocycles. The number of alkyl halides is 1. The van der Waals surface area contributed by atoms with Crippen LogP contribution in [0.15, 0.2) is 40.9 Å². The van der Waals surface area contributed by atoms with Gasteiger partial charge in [0.1, 0.15) is 17.3 Å². The second kappa shape index (κ2) is 9.91. The Morgan fingerprint density at radius 3 is 2.88 bits per heavy atom. The first-order valence-electron chi connectivity index (χ1n) is 11.1. The molecule has 33 heavy (non-hydrogen) atoms. The highest BCUT2D eigenvalue weighted by Crippen LogP contribution is 2.43. The number of rotatable bonds is 8. The van der Waals surface area contributed by atoms with Crippen LogP contribution in [0, 0.1) is 5.82 Å². The lowest BCUT2D eigenvalue weighted by molar-refractivity contribution is -0.132. The van der Waals surface area contributed by atoms with Crippen LogP contribution in [0.3, 0.4) is 0 Å². The molecule has 3 aliphatic rings. The van der Waals surface area contributed by atoms with Gasteiger partial charge in [-0.2, -0.15) is 0 Å². The number of aliphatic hydroxyl groups is 1. The second-order valence-electron chi connectivity index (χ2n) is 8.38. The van der Waals surface area contributed by atoms with Crippen molar-refractivity contribution >= 4 is 35.0 Å². The standard InChI is InChI=1S/C23H27Cl2FN4O3/c1-2-29-12-14-9-17(27-8-4-7-24)20-15(10-18(31)21(23(29)33)30(14)20)22(32)28-11-13-5-3-6-16(25)19(13)26/h3,5-6,14,17,27,31H,2,4,7-12H2,1H3,(H,28,32)/t14-,17+/m0/s1. The maximum atomic E-state index is 14.3. The summed E-state index contributed by atoms with van der Waals surface area (Å²) in [5.41, 5.74) is 1.60. The molecule has 2 atom stereocenters. The topological polar surface area (TPSA) is 84.9 Å². The fourth-order valence-electron chi connectivity index (χ4n) is 4.82. The minimum absolute atomic E-state index is 0.0128. The summed E-state index contributed by atoms with van der Waals surface area (Å²) in [6.45, 7) is 3.59. The molecule has 0 saturated carbocycles. The quantitative estimate of drug-likeness (QED) is 0.380. The van der Waals surface area contributed by atoms with E-state index in [2.05, 4.69) is 10.6 Å². The molecule has 4 rings (SSSR count). The number of carbonyl (C=O) groups excluding carboxylic acids is 2. The summed E-state index contributed by atoms with van der Waals surface area (Å²) in [5, 5.41) is 17.0. The number of likely N-dealkylation sites (N-methyl/N-ethyl adjacent to an activating group) is 1. The summed E-state index contributed by atoms with van der Waals surface area (Å²) in [7, 11) is 0. The Morgan fingerprint density at radius 2 is 2.15 bits per heavy atom. The Kier molecular flexibility index (Phi) is 7.16. The third kappa shape index (κ3) is 4.44. The number of carbonyl (C=O) groups is 2. The molecule has 2 saturated heterocycles. The Balaban J connectivity index is 1.64. The van der Waals surface area contributed by atoms with Crippen LogP contribution >= 0.6 is 23.2 Å². The predicted octanol–water partition coefficient (Wildman–Crippen LogP) is 3.05. The van der Waals surface area contributed by atoms with Crippen LogP contribution in [-0.2, 0) is 16.1 Å². The molecule has 1 aromatic carbocycles. The van der Waals surface area contributed by atoms with Gasteiger partial charge in [0.25, 0.3) is 5.91 Å². The van der Waals surface area contributed by atoms with E-state index >= 15 is 0 Å². The van der Waals surface area contributed by atoms with Crippen molar-refractivity contribution in [2.45, 2.75) is 44.8 Å². The largest absolute Gasteiger partial charge is 0.510 e. The molecule has 3 heterocycles. The van der Waals surface area contributed by atoms with E-state index in [9.17, 15) is 19.1 Å². The van der Waals surface area contributed by atoms with Crippen LogP contribution in [0.2, 0.25) is 5.02 Å². The Hall–Kier alpha value is -2.29. The summed E-state index contributed by atoms with van der Waals surface area (Å²) >= 11 is 11.7. The Morgan fingerprint density at radius 1 is 1.36 bits per heavy atom. The molecule has 3 aliphatic heterocycles.